The van der Waals surface area contributed by atoms with Gasteiger partial charge in [0.25, 0.3) is 0 Å². The van der Waals surface area contributed by atoms with Gasteiger partial charge in [0.1, 0.15) is 6.61 Å². The second kappa shape index (κ2) is 6.40. The van der Waals surface area contributed by atoms with Crippen molar-refractivity contribution < 1.29 is 14.6 Å². The Morgan fingerprint density at radius 3 is 2.56 bits per heavy atom. The number of carbonyl (C=O) groups is 1. The number of ether oxygens (including phenoxy) is 1. The van der Waals surface area contributed by atoms with E-state index in [0.717, 1.165) is 37.7 Å². The SMILES string of the molecule is CC(NC(=O)COCc1ccccc1)C12CC3CC(CC(O)(C3)C1)C2. The van der Waals surface area contributed by atoms with Crippen LogP contribution in [0.4, 0.5) is 0 Å². The number of carbonyl (C=O) groups excluding carboxylic acids is 1. The van der Waals surface area contributed by atoms with Crippen LogP contribution in [0.1, 0.15) is 51.0 Å². The van der Waals surface area contributed by atoms with Gasteiger partial charge in [-0.05, 0) is 68.3 Å². The largest absolute Gasteiger partial charge is 0.390 e. The molecule has 3 atom stereocenters. The van der Waals surface area contributed by atoms with Crippen molar-refractivity contribution in [3.8, 4) is 0 Å². The Morgan fingerprint density at radius 1 is 1.24 bits per heavy atom. The van der Waals surface area contributed by atoms with Gasteiger partial charge in [-0.25, -0.2) is 0 Å². The first-order valence-corrected chi connectivity index (χ1v) is 9.60. The van der Waals surface area contributed by atoms with E-state index in [1.807, 2.05) is 30.3 Å². The van der Waals surface area contributed by atoms with Gasteiger partial charge < -0.3 is 15.2 Å². The standard InChI is InChI=1S/C21H29NO3/c1-15(22-19(23)13-25-12-16-5-3-2-4-6-16)20-8-17-7-18(9-20)11-21(24,10-17)14-20/h2-6,15,17-18,24H,7-14H2,1H3,(H,22,23). The zero-order valence-corrected chi connectivity index (χ0v) is 15.0. The van der Waals surface area contributed by atoms with E-state index in [9.17, 15) is 9.90 Å². The third-order valence-corrected chi connectivity index (χ3v) is 6.72. The average Bonchev–Trinajstić information content (AvgIpc) is 2.53. The third kappa shape index (κ3) is 3.47. The fourth-order valence-corrected chi connectivity index (χ4v) is 6.06. The molecule has 0 heterocycles. The lowest BCUT2D eigenvalue weighted by molar-refractivity contribution is -0.173. The number of rotatable bonds is 6. The topological polar surface area (TPSA) is 58.6 Å². The molecule has 0 saturated heterocycles. The highest BCUT2D eigenvalue weighted by Gasteiger charge is 2.58. The number of hydrogen-bond donors (Lipinski definition) is 2. The Hall–Kier alpha value is -1.39. The van der Waals surface area contributed by atoms with Crippen molar-refractivity contribution in [3.63, 3.8) is 0 Å². The predicted octanol–water partition coefficient (Wildman–Crippen LogP) is 3.04. The summed E-state index contributed by atoms with van der Waals surface area (Å²) in [5.74, 6) is 1.23. The molecule has 0 radical (unpaired) electrons. The van der Waals surface area contributed by atoms with Gasteiger partial charge >= 0.3 is 0 Å². The minimum atomic E-state index is -0.479. The summed E-state index contributed by atoms with van der Waals surface area (Å²) in [6.45, 7) is 2.66. The summed E-state index contributed by atoms with van der Waals surface area (Å²) >= 11 is 0. The molecule has 4 nitrogen and oxygen atoms in total. The van der Waals surface area contributed by atoms with Gasteiger partial charge in [0, 0.05) is 6.04 Å². The van der Waals surface area contributed by atoms with Crippen molar-refractivity contribution in [2.24, 2.45) is 17.3 Å². The lowest BCUT2D eigenvalue weighted by Gasteiger charge is -2.62. The average molecular weight is 343 g/mol. The number of amides is 1. The Morgan fingerprint density at radius 2 is 1.92 bits per heavy atom. The quantitative estimate of drug-likeness (QED) is 0.835. The summed E-state index contributed by atoms with van der Waals surface area (Å²) < 4.78 is 5.56. The second-order valence-electron chi connectivity index (χ2n) is 8.82. The molecule has 4 fully saturated rings. The first-order valence-electron chi connectivity index (χ1n) is 9.60. The molecule has 4 saturated carbocycles. The van der Waals surface area contributed by atoms with E-state index in [0.29, 0.717) is 18.4 Å². The first kappa shape index (κ1) is 17.0. The van der Waals surface area contributed by atoms with E-state index in [2.05, 4.69) is 12.2 Å². The van der Waals surface area contributed by atoms with Crippen LogP contribution in [-0.4, -0.2) is 29.3 Å². The first-order chi connectivity index (χ1) is 12.0. The zero-order chi connectivity index (χ0) is 17.5. The molecule has 4 aliphatic rings. The van der Waals surface area contributed by atoms with Crippen LogP contribution in [0.5, 0.6) is 0 Å². The van der Waals surface area contributed by atoms with Crippen molar-refractivity contribution >= 4 is 5.91 Å². The van der Waals surface area contributed by atoms with Gasteiger partial charge in [0.15, 0.2) is 0 Å². The van der Waals surface area contributed by atoms with Crippen LogP contribution in [0.25, 0.3) is 0 Å². The molecule has 1 amide bonds. The maximum Gasteiger partial charge on any atom is 0.246 e. The molecule has 5 rings (SSSR count). The molecule has 0 aromatic heterocycles. The lowest BCUT2D eigenvalue weighted by atomic mass is 9.46. The van der Waals surface area contributed by atoms with Crippen molar-refractivity contribution in [1.82, 2.24) is 5.32 Å². The maximum absolute atomic E-state index is 12.3. The molecule has 3 unspecified atom stereocenters. The monoisotopic (exact) mass is 343 g/mol. The van der Waals surface area contributed by atoms with E-state index in [1.165, 1.54) is 6.42 Å². The number of hydrogen-bond acceptors (Lipinski definition) is 3. The molecule has 4 bridgehead atoms. The summed E-state index contributed by atoms with van der Waals surface area (Å²) in [5.41, 5.74) is 0.674. The Labute approximate surface area is 150 Å². The van der Waals surface area contributed by atoms with E-state index in [1.54, 1.807) is 0 Å². The van der Waals surface area contributed by atoms with Crippen LogP contribution in [0.3, 0.4) is 0 Å². The highest BCUT2D eigenvalue weighted by Crippen LogP contribution is 2.62. The number of benzene rings is 1. The molecule has 25 heavy (non-hydrogen) atoms. The highest BCUT2D eigenvalue weighted by molar-refractivity contribution is 5.77. The van der Waals surface area contributed by atoms with Gasteiger partial charge in [-0.3, -0.25) is 4.79 Å². The molecular weight excluding hydrogens is 314 g/mol. The molecule has 1 aromatic carbocycles. The Kier molecular flexibility index (Phi) is 4.37. The minimum Gasteiger partial charge on any atom is -0.390 e. The summed E-state index contributed by atoms with van der Waals surface area (Å²) in [7, 11) is 0. The number of aliphatic hydroxyl groups is 1. The zero-order valence-electron chi connectivity index (χ0n) is 15.0. The third-order valence-electron chi connectivity index (χ3n) is 6.72. The van der Waals surface area contributed by atoms with Crippen molar-refractivity contribution in [2.75, 3.05) is 6.61 Å². The molecule has 2 N–H and O–H groups in total. The van der Waals surface area contributed by atoms with Gasteiger partial charge in [0.05, 0.1) is 12.2 Å². The van der Waals surface area contributed by atoms with Gasteiger partial charge in [-0.15, -0.1) is 0 Å². The highest BCUT2D eigenvalue weighted by atomic mass is 16.5. The maximum atomic E-state index is 12.3. The van der Waals surface area contributed by atoms with Crippen molar-refractivity contribution in [3.05, 3.63) is 35.9 Å². The fraction of sp³-hybridized carbons (Fsp3) is 0.667. The van der Waals surface area contributed by atoms with Crippen LogP contribution < -0.4 is 5.32 Å². The van der Waals surface area contributed by atoms with Crippen molar-refractivity contribution in [2.45, 2.75) is 63.7 Å². The molecule has 4 aliphatic carbocycles. The molecule has 0 spiro atoms. The molecular formula is C21H29NO3. The van der Waals surface area contributed by atoms with Crippen LogP contribution in [0.2, 0.25) is 0 Å². The van der Waals surface area contributed by atoms with Crippen LogP contribution in [-0.2, 0) is 16.1 Å². The minimum absolute atomic E-state index is 0.0498. The van der Waals surface area contributed by atoms with E-state index < -0.39 is 5.60 Å². The smallest absolute Gasteiger partial charge is 0.246 e. The Balaban J connectivity index is 1.31. The van der Waals surface area contributed by atoms with Gasteiger partial charge in [0.2, 0.25) is 5.91 Å². The normalized spacial score (nSPS) is 37.0. The summed E-state index contributed by atoms with van der Waals surface area (Å²) in [6.07, 6.45) is 6.35. The van der Waals surface area contributed by atoms with Crippen LogP contribution in [0, 0.1) is 17.3 Å². The molecule has 136 valence electrons. The summed E-state index contributed by atoms with van der Waals surface area (Å²) in [4.78, 5) is 12.3. The molecule has 1 aromatic rings. The van der Waals surface area contributed by atoms with Crippen LogP contribution >= 0.6 is 0 Å². The van der Waals surface area contributed by atoms with E-state index in [4.69, 9.17) is 4.74 Å². The van der Waals surface area contributed by atoms with Gasteiger partial charge in [-0.1, -0.05) is 30.3 Å². The molecule has 0 aliphatic heterocycles. The second-order valence-corrected chi connectivity index (χ2v) is 8.82. The Bertz CT molecular complexity index is 615. The van der Waals surface area contributed by atoms with Crippen LogP contribution in [0.15, 0.2) is 30.3 Å². The predicted molar refractivity (Wildman–Crippen MR) is 95.8 cm³/mol. The van der Waals surface area contributed by atoms with E-state index in [-0.39, 0.29) is 24.0 Å². The summed E-state index contributed by atoms with van der Waals surface area (Å²) in [5, 5.41) is 14.0. The lowest BCUT2D eigenvalue weighted by Crippen LogP contribution is -2.61. The van der Waals surface area contributed by atoms with Gasteiger partial charge in [-0.2, -0.15) is 0 Å². The number of nitrogens with one attached hydrogen (secondary N) is 1. The fourth-order valence-electron chi connectivity index (χ4n) is 6.06. The van der Waals surface area contributed by atoms with Crippen molar-refractivity contribution in [1.29, 1.82) is 0 Å². The molecule has 4 heteroatoms. The van der Waals surface area contributed by atoms with E-state index >= 15 is 0 Å². The summed E-state index contributed by atoms with van der Waals surface area (Å²) in [6, 6.07) is 10.00.